The molecule has 0 radical (unpaired) electrons. The minimum atomic E-state index is -2.03. The molecule has 0 aliphatic heterocycles. The SMILES string of the molecule is C=C([C@H](C(C)C)N(CCO)C(=O)OC(C)(C)C)[Si](C)(C)c1ccccc1. The maximum Gasteiger partial charge on any atom is 0.410 e. The summed E-state index contributed by atoms with van der Waals surface area (Å²) in [5, 5.41) is 11.9. The van der Waals surface area contributed by atoms with Crippen LogP contribution in [-0.4, -0.2) is 49.0 Å². The number of hydrogen-bond acceptors (Lipinski definition) is 3. The third kappa shape index (κ3) is 5.71. The molecule has 1 aromatic carbocycles. The molecular formula is C21H35NO3Si. The van der Waals surface area contributed by atoms with Crippen LogP contribution in [0.5, 0.6) is 0 Å². The molecule has 146 valence electrons. The van der Waals surface area contributed by atoms with Gasteiger partial charge in [-0.1, -0.05) is 67.7 Å². The van der Waals surface area contributed by atoms with Gasteiger partial charge in [-0.3, -0.25) is 4.90 Å². The van der Waals surface area contributed by atoms with Crippen LogP contribution >= 0.6 is 0 Å². The molecular weight excluding hydrogens is 342 g/mol. The van der Waals surface area contributed by atoms with Crippen molar-refractivity contribution >= 4 is 19.4 Å². The van der Waals surface area contributed by atoms with Crippen LogP contribution in [0.3, 0.4) is 0 Å². The summed E-state index contributed by atoms with van der Waals surface area (Å²) in [5.41, 5.74) is -0.583. The smallest absolute Gasteiger partial charge is 0.410 e. The van der Waals surface area contributed by atoms with Crippen molar-refractivity contribution in [2.45, 2.75) is 59.4 Å². The van der Waals surface area contributed by atoms with Gasteiger partial charge in [0.05, 0.1) is 12.6 Å². The largest absolute Gasteiger partial charge is 0.444 e. The number of carbonyl (C=O) groups excluding carboxylic acids is 1. The topological polar surface area (TPSA) is 49.8 Å². The standard InChI is InChI=1S/C21H35NO3Si/c1-16(2)19(22(14-15-23)20(24)25-21(4,5)6)17(3)26(7,8)18-12-10-9-11-13-18/h9-13,16,19,23H,3,14-15H2,1-2,4-8H3/t19-/m0/s1. The third-order valence-electron chi connectivity index (χ3n) is 4.59. The Hall–Kier alpha value is -1.59. The summed E-state index contributed by atoms with van der Waals surface area (Å²) in [5.74, 6) is 0.164. The number of benzene rings is 1. The van der Waals surface area contributed by atoms with E-state index >= 15 is 0 Å². The number of aliphatic hydroxyl groups excluding tert-OH is 1. The van der Waals surface area contributed by atoms with Gasteiger partial charge in [0.25, 0.3) is 0 Å². The molecule has 1 atom stereocenters. The summed E-state index contributed by atoms with van der Waals surface area (Å²) in [7, 11) is -2.03. The molecule has 0 bridgehead atoms. The fraction of sp³-hybridized carbons (Fsp3) is 0.571. The minimum absolute atomic E-state index is 0.108. The molecule has 0 aliphatic carbocycles. The number of ether oxygens (including phenoxy) is 1. The molecule has 1 N–H and O–H groups in total. The molecule has 5 heteroatoms. The van der Waals surface area contributed by atoms with Gasteiger partial charge in [0.2, 0.25) is 0 Å². The van der Waals surface area contributed by atoms with Crippen molar-refractivity contribution < 1.29 is 14.6 Å². The van der Waals surface area contributed by atoms with Crippen molar-refractivity contribution in [2.24, 2.45) is 5.92 Å². The van der Waals surface area contributed by atoms with Gasteiger partial charge in [0, 0.05) is 6.54 Å². The lowest BCUT2D eigenvalue weighted by atomic mass is 10.0. The Kier molecular flexibility index (Phi) is 7.65. The van der Waals surface area contributed by atoms with Gasteiger partial charge in [-0.25, -0.2) is 4.79 Å². The maximum absolute atomic E-state index is 12.8. The van der Waals surface area contributed by atoms with E-state index in [0.29, 0.717) is 0 Å². The Morgan fingerprint density at radius 3 is 2.19 bits per heavy atom. The van der Waals surface area contributed by atoms with Gasteiger partial charge in [0.15, 0.2) is 0 Å². The highest BCUT2D eigenvalue weighted by atomic mass is 28.3. The van der Waals surface area contributed by atoms with E-state index in [4.69, 9.17) is 4.74 Å². The van der Waals surface area contributed by atoms with Crippen molar-refractivity contribution in [2.75, 3.05) is 13.2 Å². The number of rotatable bonds is 7. The summed E-state index contributed by atoms with van der Waals surface area (Å²) in [6, 6.07) is 10.2. The van der Waals surface area contributed by atoms with Crippen LogP contribution in [0.15, 0.2) is 42.1 Å². The van der Waals surface area contributed by atoms with Crippen LogP contribution < -0.4 is 5.19 Å². The lowest BCUT2D eigenvalue weighted by molar-refractivity contribution is 0.0120. The molecule has 0 heterocycles. The van der Waals surface area contributed by atoms with E-state index in [9.17, 15) is 9.90 Å². The van der Waals surface area contributed by atoms with Crippen molar-refractivity contribution in [3.8, 4) is 0 Å². The Morgan fingerprint density at radius 1 is 1.23 bits per heavy atom. The zero-order chi connectivity index (χ0) is 20.1. The summed E-state index contributed by atoms with van der Waals surface area (Å²) in [6.45, 7) is 18.8. The molecule has 0 saturated heterocycles. The number of carbonyl (C=O) groups is 1. The minimum Gasteiger partial charge on any atom is -0.444 e. The number of amides is 1. The van der Waals surface area contributed by atoms with Crippen LogP contribution in [-0.2, 0) is 4.74 Å². The predicted molar refractivity (Wildman–Crippen MR) is 111 cm³/mol. The second-order valence-electron chi connectivity index (χ2n) is 8.60. The molecule has 26 heavy (non-hydrogen) atoms. The highest BCUT2D eigenvalue weighted by Crippen LogP contribution is 2.27. The first-order chi connectivity index (χ1) is 11.9. The van der Waals surface area contributed by atoms with E-state index < -0.39 is 19.8 Å². The zero-order valence-corrected chi connectivity index (χ0v) is 18.4. The molecule has 0 spiro atoms. The Bertz CT molecular complexity index is 605. The second-order valence-corrected chi connectivity index (χ2v) is 13.1. The van der Waals surface area contributed by atoms with Gasteiger partial charge in [-0.15, -0.1) is 6.58 Å². The predicted octanol–water partition coefficient (Wildman–Crippen LogP) is 3.95. The quantitative estimate of drug-likeness (QED) is 0.732. The van der Waals surface area contributed by atoms with Gasteiger partial charge >= 0.3 is 6.09 Å². The van der Waals surface area contributed by atoms with E-state index in [0.717, 1.165) is 5.20 Å². The molecule has 1 amide bonds. The van der Waals surface area contributed by atoms with Crippen LogP contribution in [0.25, 0.3) is 0 Å². The van der Waals surface area contributed by atoms with Gasteiger partial charge in [-0.2, -0.15) is 0 Å². The molecule has 0 saturated carbocycles. The molecule has 0 fully saturated rings. The van der Waals surface area contributed by atoms with Crippen LogP contribution in [0.2, 0.25) is 13.1 Å². The van der Waals surface area contributed by atoms with Crippen molar-refractivity contribution in [1.29, 1.82) is 0 Å². The number of aliphatic hydroxyl groups is 1. The summed E-state index contributed by atoms with van der Waals surface area (Å²) >= 11 is 0. The van der Waals surface area contributed by atoms with Crippen LogP contribution in [0.4, 0.5) is 4.79 Å². The van der Waals surface area contributed by atoms with Crippen molar-refractivity contribution in [3.05, 3.63) is 42.1 Å². The highest BCUT2D eigenvalue weighted by Gasteiger charge is 2.39. The lowest BCUT2D eigenvalue weighted by Gasteiger charge is -2.41. The molecule has 1 aromatic rings. The van der Waals surface area contributed by atoms with E-state index in [1.165, 1.54) is 5.19 Å². The van der Waals surface area contributed by atoms with Crippen LogP contribution in [0.1, 0.15) is 34.6 Å². The summed E-state index contributed by atoms with van der Waals surface area (Å²) < 4.78 is 5.60. The Labute approximate surface area is 159 Å². The average Bonchev–Trinajstić information content (AvgIpc) is 2.53. The average molecular weight is 378 g/mol. The van der Waals surface area contributed by atoms with Gasteiger partial charge < -0.3 is 9.84 Å². The fourth-order valence-electron chi connectivity index (χ4n) is 3.13. The molecule has 4 nitrogen and oxygen atoms in total. The Balaban J connectivity index is 3.25. The Morgan fingerprint density at radius 2 is 1.77 bits per heavy atom. The first-order valence-corrected chi connectivity index (χ1v) is 12.3. The van der Waals surface area contributed by atoms with Gasteiger partial charge in [0.1, 0.15) is 13.7 Å². The molecule has 1 rings (SSSR count). The molecule has 0 aliphatic rings. The highest BCUT2D eigenvalue weighted by molar-refractivity contribution is 6.95. The lowest BCUT2D eigenvalue weighted by Crippen LogP contribution is -2.55. The van der Waals surface area contributed by atoms with Gasteiger partial charge in [-0.05, 0) is 26.7 Å². The van der Waals surface area contributed by atoms with E-state index in [2.05, 4.69) is 45.7 Å². The first kappa shape index (κ1) is 22.4. The van der Waals surface area contributed by atoms with Crippen molar-refractivity contribution in [1.82, 2.24) is 4.90 Å². The second kappa shape index (κ2) is 8.87. The third-order valence-corrected chi connectivity index (χ3v) is 8.27. The first-order valence-electron chi connectivity index (χ1n) is 9.27. The zero-order valence-electron chi connectivity index (χ0n) is 17.4. The molecule has 0 unspecified atom stereocenters. The maximum atomic E-state index is 12.8. The number of hydrogen-bond donors (Lipinski definition) is 1. The summed E-state index contributed by atoms with van der Waals surface area (Å²) in [6.07, 6.45) is -0.399. The van der Waals surface area contributed by atoms with Crippen molar-refractivity contribution in [3.63, 3.8) is 0 Å². The van der Waals surface area contributed by atoms with E-state index in [1.807, 2.05) is 39.0 Å². The van der Waals surface area contributed by atoms with E-state index in [-0.39, 0.29) is 25.1 Å². The monoisotopic (exact) mass is 377 g/mol. The normalized spacial score (nSPS) is 13.4. The number of nitrogens with zero attached hydrogens (tertiary/aromatic N) is 1. The van der Waals surface area contributed by atoms with Crippen LogP contribution in [0, 0.1) is 5.92 Å². The van der Waals surface area contributed by atoms with E-state index in [1.54, 1.807) is 4.90 Å². The fourth-order valence-corrected chi connectivity index (χ4v) is 5.76. The molecule has 0 aromatic heterocycles. The summed E-state index contributed by atoms with van der Waals surface area (Å²) in [4.78, 5) is 14.5.